The van der Waals surface area contributed by atoms with Crippen LogP contribution in [0, 0.1) is 5.92 Å². The maximum atomic E-state index is 13.2. The van der Waals surface area contributed by atoms with Crippen LogP contribution in [0.15, 0.2) is 66.1 Å². The first-order valence-electron chi connectivity index (χ1n) is 13.7. The van der Waals surface area contributed by atoms with Gasteiger partial charge in [-0.25, -0.2) is 19.3 Å². The van der Waals surface area contributed by atoms with Crippen molar-refractivity contribution in [2.45, 2.75) is 45.1 Å². The Balaban J connectivity index is 1.40. The lowest BCUT2D eigenvalue weighted by molar-refractivity contribution is -0.141. The van der Waals surface area contributed by atoms with Crippen LogP contribution >= 0.6 is 0 Å². The molecule has 4 aromatic rings. The lowest BCUT2D eigenvalue weighted by atomic mass is 9.95. The van der Waals surface area contributed by atoms with E-state index in [1.54, 1.807) is 57.0 Å². The van der Waals surface area contributed by atoms with Crippen molar-refractivity contribution in [3.8, 4) is 5.82 Å². The molecule has 0 radical (unpaired) electrons. The molecule has 4 heterocycles. The highest BCUT2D eigenvalue weighted by Gasteiger charge is 2.27. The summed E-state index contributed by atoms with van der Waals surface area (Å²) >= 11 is 0. The number of methoxy groups -OCH3 is 2. The van der Waals surface area contributed by atoms with Gasteiger partial charge in [0.2, 0.25) is 5.95 Å². The Bertz CT molecular complexity index is 1560. The topological polar surface area (TPSA) is 120 Å². The molecule has 5 rings (SSSR count). The average molecular weight is 560 g/mol. The molecular formula is C30H37N7O4. The number of benzene rings is 1. The van der Waals surface area contributed by atoms with E-state index in [1.807, 2.05) is 12.1 Å². The molecule has 0 atom stereocenters. The molecule has 1 aliphatic heterocycles. The summed E-state index contributed by atoms with van der Waals surface area (Å²) in [6.07, 6.45) is 5.00. The number of nitrogens with zero attached hydrogens (tertiary/aromatic N) is 6. The van der Waals surface area contributed by atoms with Crippen molar-refractivity contribution in [1.29, 1.82) is 0 Å². The molecule has 0 saturated carbocycles. The van der Waals surface area contributed by atoms with Crippen molar-refractivity contribution < 1.29 is 14.6 Å². The van der Waals surface area contributed by atoms with Gasteiger partial charge in [-0.3, -0.25) is 4.79 Å². The number of hydrogen-bond acceptors (Lipinski definition) is 9. The summed E-state index contributed by atoms with van der Waals surface area (Å²) in [6, 6.07) is 13.5. The zero-order chi connectivity index (χ0) is 29.1. The van der Waals surface area contributed by atoms with E-state index in [0.29, 0.717) is 34.4 Å². The van der Waals surface area contributed by atoms with Crippen molar-refractivity contribution in [1.82, 2.24) is 24.3 Å². The normalized spacial score (nSPS) is 14.6. The quantitative estimate of drug-likeness (QED) is 0.220. The van der Waals surface area contributed by atoms with E-state index in [9.17, 15) is 9.90 Å². The van der Waals surface area contributed by atoms with Crippen molar-refractivity contribution >= 4 is 28.4 Å². The summed E-state index contributed by atoms with van der Waals surface area (Å²) in [6.45, 7) is 9.25. The predicted octanol–water partition coefficient (Wildman–Crippen LogP) is 3.97. The standard InChI is InChI=1S/C30H37N7O4/c1-6-16-36-27(38)23-19-31-29(34-26(23)37(36)25-9-7-8-24(33-25)30(2,3)39)32-21-10-12-22(13-11-21)35-17-14-20(15-18-35)28(40-4)41-5/h6-13,19-20,28,39H,1,14-18H2,2-5H3,(H,31,32,34). The smallest absolute Gasteiger partial charge is 0.278 e. The van der Waals surface area contributed by atoms with Gasteiger partial charge in [0.05, 0.1) is 12.2 Å². The Labute approximate surface area is 239 Å². The molecule has 1 fully saturated rings. The van der Waals surface area contributed by atoms with Gasteiger partial charge in [0.15, 0.2) is 17.8 Å². The number of pyridine rings is 1. The molecule has 216 valence electrons. The number of ether oxygens (including phenoxy) is 2. The molecule has 1 aliphatic rings. The minimum Gasteiger partial charge on any atom is -0.384 e. The Hall–Kier alpha value is -4.06. The van der Waals surface area contributed by atoms with Crippen LogP contribution in [0.25, 0.3) is 16.9 Å². The number of anilines is 3. The van der Waals surface area contributed by atoms with E-state index in [0.717, 1.165) is 37.3 Å². The number of aromatic nitrogens is 5. The summed E-state index contributed by atoms with van der Waals surface area (Å²) < 4.78 is 14.1. The third-order valence-electron chi connectivity index (χ3n) is 7.43. The molecule has 11 heteroatoms. The largest absolute Gasteiger partial charge is 0.384 e. The molecule has 0 aliphatic carbocycles. The molecule has 1 aromatic carbocycles. The van der Waals surface area contributed by atoms with Crippen LogP contribution in [0.3, 0.4) is 0 Å². The SMILES string of the molecule is C=CCn1c(=O)c2cnc(Nc3ccc(N4CCC(C(OC)OC)CC4)cc3)nc2n1-c1cccc(C(C)(C)O)n1. The fraction of sp³-hybridized carbons (Fsp3) is 0.400. The molecule has 0 amide bonds. The lowest BCUT2D eigenvalue weighted by Crippen LogP contribution is -2.39. The maximum absolute atomic E-state index is 13.2. The Morgan fingerprint density at radius 3 is 2.46 bits per heavy atom. The summed E-state index contributed by atoms with van der Waals surface area (Å²) in [5, 5.41) is 14.1. The Morgan fingerprint density at radius 2 is 1.83 bits per heavy atom. The number of aliphatic hydroxyl groups is 1. The van der Waals surface area contributed by atoms with Crippen molar-refractivity contribution in [3.63, 3.8) is 0 Å². The number of nitrogens with one attached hydrogen (secondary N) is 1. The first-order chi connectivity index (χ1) is 19.7. The van der Waals surface area contributed by atoms with Crippen LogP contribution in [-0.2, 0) is 21.6 Å². The van der Waals surface area contributed by atoms with Crippen molar-refractivity contribution in [2.75, 3.05) is 37.5 Å². The second kappa shape index (κ2) is 11.8. The number of hydrogen-bond donors (Lipinski definition) is 2. The Morgan fingerprint density at radius 1 is 1.12 bits per heavy atom. The molecule has 1 saturated heterocycles. The minimum atomic E-state index is -1.15. The third kappa shape index (κ3) is 5.88. The molecule has 11 nitrogen and oxygen atoms in total. The van der Waals surface area contributed by atoms with Gasteiger partial charge in [0.25, 0.3) is 5.56 Å². The van der Waals surface area contributed by atoms with E-state index in [1.165, 1.54) is 10.9 Å². The van der Waals surface area contributed by atoms with Gasteiger partial charge >= 0.3 is 0 Å². The highest BCUT2D eigenvalue weighted by atomic mass is 16.7. The van der Waals surface area contributed by atoms with Gasteiger partial charge in [-0.1, -0.05) is 12.1 Å². The second-order valence-electron chi connectivity index (χ2n) is 10.7. The Kier molecular flexibility index (Phi) is 8.20. The zero-order valence-corrected chi connectivity index (χ0v) is 23.9. The summed E-state index contributed by atoms with van der Waals surface area (Å²) in [4.78, 5) is 29.4. The summed E-state index contributed by atoms with van der Waals surface area (Å²) in [5.74, 6) is 1.19. The van der Waals surface area contributed by atoms with Gasteiger partial charge in [-0.15, -0.1) is 6.58 Å². The van der Waals surface area contributed by atoms with Crippen molar-refractivity contribution in [2.24, 2.45) is 5.92 Å². The fourth-order valence-electron chi connectivity index (χ4n) is 5.29. The van der Waals surface area contributed by atoms with Crippen LogP contribution in [0.4, 0.5) is 17.3 Å². The molecule has 0 unspecified atom stereocenters. The van der Waals surface area contributed by atoms with E-state index in [4.69, 9.17) is 14.5 Å². The lowest BCUT2D eigenvalue weighted by Gasteiger charge is -2.36. The van der Waals surface area contributed by atoms with Crippen LogP contribution in [-0.4, -0.2) is 63.0 Å². The first-order valence-corrected chi connectivity index (χ1v) is 13.7. The van der Waals surface area contributed by atoms with Gasteiger partial charge in [-0.2, -0.15) is 4.98 Å². The predicted molar refractivity (Wildman–Crippen MR) is 159 cm³/mol. The zero-order valence-electron chi connectivity index (χ0n) is 23.9. The van der Waals surface area contributed by atoms with Crippen LogP contribution in [0.2, 0.25) is 0 Å². The molecule has 2 N–H and O–H groups in total. The highest BCUT2D eigenvalue weighted by molar-refractivity contribution is 5.77. The number of rotatable bonds is 10. The first kappa shape index (κ1) is 28.5. The molecule has 3 aromatic heterocycles. The van der Waals surface area contributed by atoms with Crippen molar-refractivity contribution in [3.05, 3.63) is 77.4 Å². The number of fused-ring (bicyclic) bond motifs is 1. The van der Waals surface area contributed by atoms with Gasteiger partial charge in [0, 0.05) is 50.8 Å². The van der Waals surface area contributed by atoms with Gasteiger partial charge in [0.1, 0.15) is 11.0 Å². The monoisotopic (exact) mass is 559 g/mol. The van der Waals surface area contributed by atoms with E-state index < -0.39 is 5.60 Å². The van der Waals surface area contributed by atoms with Crippen LogP contribution in [0.1, 0.15) is 32.4 Å². The van der Waals surface area contributed by atoms with Gasteiger partial charge in [-0.05, 0) is 63.1 Å². The van der Waals surface area contributed by atoms with Crippen LogP contribution in [0.5, 0.6) is 0 Å². The molecule has 41 heavy (non-hydrogen) atoms. The second-order valence-corrected chi connectivity index (χ2v) is 10.7. The molecule has 0 spiro atoms. The van der Waals surface area contributed by atoms with E-state index in [2.05, 4.69) is 38.9 Å². The summed E-state index contributed by atoms with van der Waals surface area (Å²) in [7, 11) is 3.38. The molecular weight excluding hydrogens is 522 g/mol. The maximum Gasteiger partial charge on any atom is 0.278 e. The van der Waals surface area contributed by atoms with E-state index in [-0.39, 0.29) is 18.4 Å². The highest BCUT2D eigenvalue weighted by Crippen LogP contribution is 2.28. The summed E-state index contributed by atoms with van der Waals surface area (Å²) in [5.41, 5.74) is 1.44. The van der Waals surface area contributed by atoms with Crippen LogP contribution < -0.4 is 15.8 Å². The third-order valence-corrected chi connectivity index (χ3v) is 7.43. The van der Waals surface area contributed by atoms with Gasteiger partial charge < -0.3 is 24.8 Å². The fourth-order valence-corrected chi connectivity index (χ4v) is 5.29. The average Bonchev–Trinajstić information content (AvgIpc) is 3.25. The van der Waals surface area contributed by atoms with E-state index >= 15 is 0 Å². The molecule has 0 bridgehead atoms. The number of allylic oxidation sites excluding steroid dienone is 1. The minimum absolute atomic E-state index is 0.160. The number of piperidine rings is 1.